The molecule has 0 aromatic carbocycles. The van der Waals surface area contributed by atoms with Crippen LogP contribution in [0.2, 0.25) is 0 Å². The van der Waals surface area contributed by atoms with Crippen LogP contribution in [0, 0.1) is 11.3 Å². The molecule has 1 aliphatic carbocycles. The third-order valence-electron chi connectivity index (χ3n) is 2.94. The minimum atomic E-state index is -0.712. The van der Waals surface area contributed by atoms with Gasteiger partial charge in [-0.25, -0.2) is 0 Å². The van der Waals surface area contributed by atoms with Gasteiger partial charge in [0.15, 0.2) is 0 Å². The maximum Gasteiger partial charge on any atom is 0.310 e. The predicted molar refractivity (Wildman–Crippen MR) is 46.8 cm³/mol. The van der Waals surface area contributed by atoms with Crippen molar-refractivity contribution in [3.05, 3.63) is 0 Å². The molecule has 2 atom stereocenters. The molecule has 12 heavy (non-hydrogen) atoms. The largest absolute Gasteiger partial charge is 0.481 e. The van der Waals surface area contributed by atoms with Crippen molar-refractivity contribution < 1.29 is 9.90 Å². The van der Waals surface area contributed by atoms with E-state index in [9.17, 15) is 4.79 Å². The van der Waals surface area contributed by atoms with Gasteiger partial charge in [-0.05, 0) is 18.8 Å². The van der Waals surface area contributed by atoms with E-state index in [4.69, 9.17) is 10.8 Å². The zero-order valence-corrected chi connectivity index (χ0v) is 7.55. The Hall–Kier alpha value is -0.570. The molecule has 0 saturated heterocycles. The van der Waals surface area contributed by atoms with Crippen molar-refractivity contribution in [2.24, 2.45) is 17.1 Å². The van der Waals surface area contributed by atoms with Crippen LogP contribution >= 0.6 is 0 Å². The second-order valence-corrected chi connectivity index (χ2v) is 3.99. The van der Waals surface area contributed by atoms with E-state index in [0.717, 1.165) is 25.7 Å². The molecule has 3 heteroatoms. The van der Waals surface area contributed by atoms with Crippen molar-refractivity contribution in [3.63, 3.8) is 0 Å². The van der Waals surface area contributed by atoms with Gasteiger partial charge in [-0.1, -0.05) is 19.8 Å². The van der Waals surface area contributed by atoms with Crippen molar-refractivity contribution in [1.82, 2.24) is 0 Å². The lowest BCUT2D eigenvalue weighted by Gasteiger charge is -2.35. The van der Waals surface area contributed by atoms with Gasteiger partial charge in [0.2, 0.25) is 0 Å². The monoisotopic (exact) mass is 171 g/mol. The molecule has 2 unspecified atom stereocenters. The Morgan fingerprint density at radius 2 is 2.42 bits per heavy atom. The number of nitrogens with two attached hydrogens (primary N) is 1. The standard InChI is InChI=1S/C9H17NO2/c1-7-3-2-4-9(5-7,6-10)8(11)12/h7H,2-6,10H2,1H3,(H,11,12). The van der Waals surface area contributed by atoms with Crippen molar-refractivity contribution in [1.29, 1.82) is 0 Å². The van der Waals surface area contributed by atoms with Crippen LogP contribution in [-0.4, -0.2) is 17.6 Å². The average molecular weight is 171 g/mol. The number of rotatable bonds is 2. The van der Waals surface area contributed by atoms with Gasteiger partial charge >= 0.3 is 5.97 Å². The van der Waals surface area contributed by atoms with Crippen LogP contribution in [-0.2, 0) is 4.79 Å². The highest BCUT2D eigenvalue weighted by Gasteiger charge is 2.40. The molecule has 70 valence electrons. The van der Waals surface area contributed by atoms with Crippen LogP contribution < -0.4 is 5.73 Å². The highest BCUT2D eigenvalue weighted by molar-refractivity contribution is 5.75. The Morgan fingerprint density at radius 1 is 1.75 bits per heavy atom. The molecule has 0 amide bonds. The molecule has 3 N–H and O–H groups in total. The van der Waals surface area contributed by atoms with E-state index >= 15 is 0 Å². The predicted octanol–water partition coefficient (Wildman–Crippen LogP) is 1.23. The fraction of sp³-hybridized carbons (Fsp3) is 0.889. The van der Waals surface area contributed by atoms with Crippen molar-refractivity contribution >= 4 is 5.97 Å². The number of hydrogen-bond donors (Lipinski definition) is 2. The minimum Gasteiger partial charge on any atom is -0.481 e. The first-order chi connectivity index (χ1) is 5.60. The molecule has 0 bridgehead atoms. The lowest BCUT2D eigenvalue weighted by molar-refractivity contribution is -0.151. The molecular formula is C9H17NO2. The Morgan fingerprint density at radius 3 is 2.75 bits per heavy atom. The van der Waals surface area contributed by atoms with Gasteiger partial charge in [0.25, 0.3) is 0 Å². The summed E-state index contributed by atoms with van der Waals surface area (Å²) >= 11 is 0. The van der Waals surface area contributed by atoms with E-state index in [1.165, 1.54) is 0 Å². The SMILES string of the molecule is CC1CCCC(CN)(C(=O)O)C1. The zero-order chi connectivity index (χ0) is 9.19. The maximum absolute atomic E-state index is 11.0. The number of aliphatic carboxylic acids is 1. The van der Waals surface area contributed by atoms with Crippen molar-refractivity contribution in [3.8, 4) is 0 Å². The van der Waals surface area contributed by atoms with E-state index in [0.29, 0.717) is 5.92 Å². The fourth-order valence-electron chi connectivity index (χ4n) is 2.13. The lowest BCUT2D eigenvalue weighted by atomic mass is 9.70. The summed E-state index contributed by atoms with van der Waals surface area (Å²) in [4.78, 5) is 11.0. The van der Waals surface area contributed by atoms with E-state index in [-0.39, 0.29) is 6.54 Å². The van der Waals surface area contributed by atoms with Crippen LogP contribution in [0.5, 0.6) is 0 Å². The summed E-state index contributed by atoms with van der Waals surface area (Å²) < 4.78 is 0. The summed E-state index contributed by atoms with van der Waals surface area (Å²) in [5.74, 6) is -0.199. The van der Waals surface area contributed by atoms with Gasteiger partial charge < -0.3 is 10.8 Å². The number of carboxylic acid groups (broad SMARTS) is 1. The van der Waals surface area contributed by atoms with Crippen molar-refractivity contribution in [2.75, 3.05) is 6.54 Å². The molecule has 0 spiro atoms. The second-order valence-electron chi connectivity index (χ2n) is 3.99. The molecule has 1 saturated carbocycles. The highest BCUT2D eigenvalue weighted by atomic mass is 16.4. The summed E-state index contributed by atoms with van der Waals surface area (Å²) in [6.45, 7) is 2.39. The number of carbonyl (C=O) groups is 1. The number of hydrogen-bond acceptors (Lipinski definition) is 2. The quantitative estimate of drug-likeness (QED) is 0.656. The van der Waals surface area contributed by atoms with Gasteiger partial charge in [0, 0.05) is 6.54 Å². The Labute approximate surface area is 72.9 Å². The molecule has 0 aromatic rings. The Balaban J connectivity index is 2.71. The first-order valence-corrected chi connectivity index (χ1v) is 4.54. The smallest absolute Gasteiger partial charge is 0.310 e. The second kappa shape index (κ2) is 3.44. The van der Waals surface area contributed by atoms with E-state index < -0.39 is 11.4 Å². The van der Waals surface area contributed by atoms with Crippen molar-refractivity contribution in [2.45, 2.75) is 32.6 Å². The third-order valence-corrected chi connectivity index (χ3v) is 2.94. The molecule has 0 radical (unpaired) electrons. The minimum absolute atomic E-state index is 0.284. The fourth-order valence-corrected chi connectivity index (χ4v) is 2.13. The molecular weight excluding hydrogens is 154 g/mol. The summed E-state index contributed by atoms with van der Waals surface area (Å²) in [7, 11) is 0. The van der Waals surface area contributed by atoms with Gasteiger partial charge in [-0.3, -0.25) is 4.79 Å². The number of carboxylic acids is 1. The van der Waals surface area contributed by atoms with E-state index in [2.05, 4.69) is 6.92 Å². The Kier molecular flexibility index (Phi) is 2.73. The average Bonchev–Trinajstić information content (AvgIpc) is 2.04. The van der Waals surface area contributed by atoms with Crippen LogP contribution in [0.15, 0.2) is 0 Å². The normalized spacial score (nSPS) is 36.3. The third kappa shape index (κ3) is 1.61. The molecule has 1 fully saturated rings. The molecule has 3 nitrogen and oxygen atoms in total. The van der Waals surface area contributed by atoms with Crippen LogP contribution in [0.4, 0.5) is 0 Å². The molecule has 1 aliphatic rings. The van der Waals surface area contributed by atoms with Crippen LogP contribution in [0.3, 0.4) is 0 Å². The molecule has 0 aromatic heterocycles. The molecule has 0 heterocycles. The Bertz CT molecular complexity index is 181. The van der Waals surface area contributed by atoms with Crippen LogP contribution in [0.25, 0.3) is 0 Å². The topological polar surface area (TPSA) is 63.3 Å². The van der Waals surface area contributed by atoms with Crippen LogP contribution in [0.1, 0.15) is 32.6 Å². The van der Waals surface area contributed by atoms with E-state index in [1.54, 1.807) is 0 Å². The van der Waals surface area contributed by atoms with Gasteiger partial charge in [-0.2, -0.15) is 0 Å². The maximum atomic E-state index is 11.0. The zero-order valence-electron chi connectivity index (χ0n) is 7.55. The first kappa shape index (κ1) is 9.52. The molecule has 0 aliphatic heterocycles. The lowest BCUT2D eigenvalue weighted by Crippen LogP contribution is -2.42. The summed E-state index contributed by atoms with van der Waals surface area (Å²) in [6.07, 6.45) is 3.65. The summed E-state index contributed by atoms with van der Waals surface area (Å²) in [6, 6.07) is 0. The summed E-state index contributed by atoms with van der Waals surface area (Å²) in [5.41, 5.74) is 4.91. The highest BCUT2D eigenvalue weighted by Crippen LogP contribution is 2.38. The van der Waals surface area contributed by atoms with E-state index in [1.807, 2.05) is 0 Å². The summed E-state index contributed by atoms with van der Waals surface area (Å²) in [5, 5.41) is 9.03. The van der Waals surface area contributed by atoms with Gasteiger partial charge in [0.1, 0.15) is 0 Å². The van der Waals surface area contributed by atoms with Gasteiger partial charge in [0.05, 0.1) is 5.41 Å². The first-order valence-electron chi connectivity index (χ1n) is 4.54. The molecule has 1 rings (SSSR count). The van der Waals surface area contributed by atoms with Gasteiger partial charge in [-0.15, -0.1) is 0 Å².